The molecule has 1 aromatic heterocycles. The van der Waals surface area contributed by atoms with Crippen molar-refractivity contribution in [1.29, 1.82) is 0 Å². The zero-order valence-electron chi connectivity index (χ0n) is 26.3. The maximum atomic E-state index is 14.6. The molecule has 4 aliphatic carbocycles. The molecule has 1 heterocycles. The summed E-state index contributed by atoms with van der Waals surface area (Å²) < 4.78 is 11.6. The second-order valence-electron chi connectivity index (χ2n) is 14.3. The summed E-state index contributed by atoms with van der Waals surface area (Å²) in [5, 5.41) is 42.4. The third-order valence-electron chi connectivity index (χ3n) is 12.0. The van der Waals surface area contributed by atoms with Crippen LogP contribution in [0.15, 0.2) is 63.0 Å². The van der Waals surface area contributed by atoms with E-state index in [9.17, 15) is 34.8 Å². The minimum atomic E-state index is -1.64. The second-order valence-corrected chi connectivity index (χ2v) is 14.3. The van der Waals surface area contributed by atoms with Gasteiger partial charge in [0, 0.05) is 42.7 Å². The van der Waals surface area contributed by atoms with Crippen molar-refractivity contribution < 1.29 is 39.2 Å². The number of Topliss-reactive ketones (excluding diaryl/α,β-unsaturated/α-hetero) is 1. The highest BCUT2D eigenvalue weighted by Crippen LogP contribution is 2.64. The van der Waals surface area contributed by atoms with E-state index in [4.69, 9.17) is 9.15 Å². The van der Waals surface area contributed by atoms with Gasteiger partial charge in [-0.15, -0.1) is 0 Å². The maximum Gasteiger partial charge on any atom is 0.202 e. The average Bonchev–Trinajstić information content (AvgIpc) is 2.98. The highest BCUT2D eigenvalue weighted by atomic mass is 16.5. The summed E-state index contributed by atoms with van der Waals surface area (Å²) in [4.78, 5) is 42.1. The SMILES string of the molecule is C=C1[C@@H](O)C[C@H]2[C@](C)(CO)CCC[C@]2(C)[C@H]1C[C@@H]1C(C)=CC[C@H]2C(=O)C(OC)=CC(=O)[C@@]12c1cc(=O)c2c(O)cc(O)cc2o1. The highest BCUT2D eigenvalue weighted by molar-refractivity contribution is 6.14. The number of benzene rings is 1. The number of phenolic OH excluding ortho intramolecular Hbond substituents is 2. The molecule has 8 atom stereocenters. The van der Waals surface area contributed by atoms with Gasteiger partial charge in [-0.1, -0.05) is 38.5 Å². The molecule has 9 heteroatoms. The zero-order valence-corrected chi connectivity index (χ0v) is 26.3. The van der Waals surface area contributed by atoms with Gasteiger partial charge in [0.25, 0.3) is 0 Å². The molecule has 4 aliphatic rings. The molecule has 1 aromatic carbocycles. The number of carbonyl (C=O) groups is 2. The van der Waals surface area contributed by atoms with E-state index in [1.807, 2.05) is 13.0 Å². The highest BCUT2D eigenvalue weighted by Gasteiger charge is 2.63. The zero-order chi connectivity index (χ0) is 32.6. The molecule has 0 saturated heterocycles. The molecule has 0 aliphatic heterocycles. The van der Waals surface area contributed by atoms with E-state index >= 15 is 0 Å². The number of phenols is 2. The number of aromatic hydroxyl groups is 2. The normalized spacial score (nSPS) is 36.7. The number of carbonyl (C=O) groups excluding carboxylic acids is 2. The molecule has 0 spiro atoms. The van der Waals surface area contributed by atoms with Gasteiger partial charge in [-0.05, 0) is 67.3 Å². The summed E-state index contributed by atoms with van der Waals surface area (Å²) >= 11 is 0. The summed E-state index contributed by atoms with van der Waals surface area (Å²) in [6.45, 7) is 10.5. The molecule has 6 rings (SSSR count). The first kappa shape index (κ1) is 31.3. The van der Waals surface area contributed by atoms with Crippen LogP contribution in [-0.4, -0.2) is 51.8 Å². The molecule has 0 amide bonds. The number of methoxy groups -OCH3 is 1. The summed E-state index contributed by atoms with van der Waals surface area (Å²) in [5.41, 5.74) is -1.61. The van der Waals surface area contributed by atoms with Gasteiger partial charge in [-0.3, -0.25) is 14.4 Å². The van der Waals surface area contributed by atoms with Gasteiger partial charge in [-0.25, -0.2) is 0 Å². The van der Waals surface area contributed by atoms with Crippen LogP contribution in [0.3, 0.4) is 0 Å². The van der Waals surface area contributed by atoms with E-state index in [1.54, 1.807) is 0 Å². The van der Waals surface area contributed by atoms with Gasteiger partial charge in [0.15, 0.2) is 17.0 Å². The van der Waals surface area contributed by atoms with Crippen molar-refractivity contribution in [3.63, 3.8) is 0 Å². The van der Waals surface area contributed by atoms with Gasteiger partial charge < -0.3 is 29.6 Å². The number of hydrogen-bond acceptors (Lipinski definition) is 9. The topological polar surface area (TPSA) is 154 Å². The average molecular weight is 619 g/mol. The summed E-state index contributed by atoms with van der Waals surface area (Å²) in [5.74, 6) is -3.59. The van der Waals surface area contributed by atoms with Gasteiger partial charge in [-0.2, -0.15) is 0 Å². The first-order valence-electron chi connectivity index (χ1n) is 15.7. The minimum absolute atomic E-state index is 0.00689. The summed E-state index contributed by atoms with van der Waals surface area (Å²) in [7, 11) is 1.34. The van der Waals surface area contributed by atoms with Crippen molar-refractivity contribution in [3.05, 3.63) is 69.8 Å². The third kappa shape index (κ3) is 4.37. The number of aliphatic hydroxyl groups excluding tert-OH is 2. The minimum Gasteiger partial charge on any atom is -0.508 e. The van der Waals surface area contributed by atoms with Crippen LogP contribution in [0, 0.1) is 34.5 Å². The molecule has 0 bridgehead atoms. The molecule has 0 unspecified atom stereocenters. The number of aliphatic hydroxyl groups is 2. The van der Waals surface area contributed by atoms with E-state index in [2.05, 4.69) is 20.4 Å². The molecule has 2 saturated carbocycles. The Balaban J connectivity index is 1.59. The first-order valence-corrected chi connectivity index (χ1v) is 15.7. The predicted molar refractivity (Wildman–Crippen MR) is 166 cm³/mol. The monoisotopic (exact) mass is 618 g/mol. The molecule has 2 aromatic rings. The standard InChI is InChI=1S/C36H42O9/c1-18-7-8-21-33(43)28(44-5)16-30(42)36(21,31-15-26(41)32-25(40)11-20(38)12-27(32)45-31)22(18)13-23-19(2)24(39)14-29-34(3,17-37)9-6-10-35(23,29)4/h7,11-12,15-16,21-24,29,37-40H,2,6,8-10,13-14,17H2,1,3-5H3/t21-,22+,23-,24-,29-,34-,35+,36-/m0/s1. The smallest absolute Gasteiger partial charge is 0.202 e. The lowest BCUT2D eigenvalue weighted by Gasteiger charge is -2.60. The van der Waals surface area contributed by atoms with Crippen LogP contribution < -0.4 is 5.43 Å². The fraction of sp³-hybridized carbons (Fsp3) is 0.528. The van der Waals surface area contributed by atoms with Crippen molar-refractivity contribution >= 4 is 22.5 Å². The third-order valence-corrected chi connectivity index (χ3v) is 12.0. The van der Waals surface area contributed by atoms with E-state index in [1.165, 1.54) is 25.3 Å². The van der Waals surface area contributed by atoms with Gasteiger partial charge in [0.1, 0.15) is 33.6 Å². The second kappa shape index (κ2) is 10.7. The molecule has 240 valence electrons. The molecule has 0 radical (unpaired) electrons. The first-order chi connectivity index (χ1) is 21.2. The number of hydrogen-bond donors (Lipinski definition) is 4. The van der Waals surface area contributed by atoms with Gasteiger partial charge in [0.2, 0.25) is 5.78 Å². The van der Waals surface area contributed by atoms with Crippen molar-refractivity contribution in [2.75, 3.05) is 13.7 Å². The van der Waals surface area contributed by atoms with Crippen molar-refractivity contribution in [3.8, 4) is 11.5 Å². The quantitative estimate of drug-likeness (QED) is 0.345. The Morgan fingerprint density at radius 2 is 1.82 bits per heavy atom. The van der Waals surface area contributed by atoms with Crippen molar-refractivity contribution in [1.82, 2.24) is 0 Å². The van der Waals surface area contributed by atoms with Crippen LogP contribution in [0.5, 0.6) is 11.5 Å². The Hall–Kier alpha value is -3.69. The van der Waals surface area contributed by atoms with Gasteiger partial charge in [0.05, 0.1) is 13.2 Å². The number of allylic oxidation sites excluding steroid dienone is 4. The molecular weight excluding hydrogens is 576 g/mol. The fourth-order valence-electron chi connectivity index (χ4n) is 9.69. The van der Waals surface area contributed by atoms with E-state index < -0.39 is 45.7 Å². The van der Waals surface area contributed by atoms with E-state index in [-0.39, 0.29) is 64.3 Å². The van der Waals surface area contributed by atoms with E-state index in [0.29, 0.717) is 18.4 Å². The fourth-order valence-corrected chi connectivity index (χ4v) is 9.69. The molecule has 9 nitrogen and oxygen atoms in total. The Kier molecular flexibility index (Phi) is 7.44. The molecule has 2 fully saturated rings. The number of ketones is 2. The Bertz CT molecular complexity index is 1730. The largest absolute Gasteiger partial charge is 0.508 e. The lowest BCUT2D eigenvalue weighted by Crippen LogP contribution is -2.59. The molecule has 45 heavy (non-hydrogen) atoms. The van der Waals surface area contributed by atoms with Crippen molar-refractivity contribution in [2.24, 2.45) is 34.5 Å². The van der Waals surface area contributed by atoms with Crippen molar-refractivity contribution in [2.45, 2.75) is 70.8 Å². The summed E-state index contributed by atoms with van der Waals surface area (Å²) in [6, 6.07) is 3.44. The van der Waals surface area contributed by atoms with Gasteiger partial charge >= 0.3 is 0 Å². The Morgan fingerprint density at radius 1 is 1.09 bits per heavy atom. The van der Waals surface area contributed by atoms with Crippen LogP contribution in [-0.2, 0) is 19.7 Å². The molecule has 4 N–H and O–H groups in total. The number of fused-ring (bicyclic) bond motifs is 3. The summed E-state index contributed by atoms with van der Waals surface area (Å²) in [6.07, 6.45) is 5.94. The lowest BCUT2D eigenvalue weighted by atomic mass is 9.44. The predicted octanol–water partition coefficient (Wildman–Crippen LogP) is 4.84. The maximum absolute atomic E-state index is 14.6. The molecular formula is C36H42O9. The number of ether oxygens (including phenoxy) is 1. The van der Waals surface area contributed by atoms with E-state index in [0.717, 1.165) is 30.9 Å². The van der Waals surface area contributed by atoms with Crippen LogP contribution in [0.2, 0.25) is 0 Å². The Morgan fingerprint density at radius 3 is 2.51 bits per heavy atom. The number of rotatable bonds is 5. The lowest BCUT2D eigenvalue weighted by molar-refractivity contribution is -0.140. The van der Waals surface area contributed by atoms with Crippen LogP contribution in [0.4, 0.5) is 0 Å². The van der Waals surface area contributed by atoms with Crippen LogP contribution in [0.1, 0.15) is 65.1 Å². The van der Waals surface area contributed by atoms with Crippen LogP contribution >= 0.6 is 0 Å². The Labute approximate surface area is 261 Å². The van der Waals surface area contributed by atoms with Crippen LogP contribution in [0.25, 0.3) is 11.0 Å².